The van der Waals surface area contributed by atoms with Crippen molar-refractivity contribution >= 4 is 0 Å². The maximum atomic E-state index is 2.84. The summed E-state index contributed by atoms with van der Waals surface area (Å²) in [6.45, 7) is 19.3. The predicted molar refractivity (Wildman–Crippen MR) is 199 cm³/mol. The van der Waals surface area contributed by atoms with Gasteiger partial charge in [0.15, 0.2) is 0 Å². The Bertz CT molecular complexity index is 1130. The highest BCUT2D eigenvalue weighted by Gasteiger charge is 2.74. The number of fused-ring (bicyclic) bond motifs is 12. The van der Waals surface area contributed by atoms with Crippen molar-refractivity contribution in [1.29, 1.82) is 0 Å². The highest BCUT2D eigenvalue weighted by atomic mass is 14.8. The molecule has 9 aliphatic carbocycles. The summed E-state index contributed by atoms with van der Waals surface area (Å²) in [5.41, 5.74) is 1.72. The van der Waals surface area contributed by atoms with Gasteiger partial charge in [0.2, 0.25) is 0 Å². The quantitative estimate of drug-likeness (QED) is 0.267. The first-order chi connectivity index (χ1) is 22.5. The van der Waals surface area contributed by atoms with E-state index < -0.39 is 0 Å². The molecule has 17 unspecified atom stereocenters. The third-order valence-corrected chi connectivity index (χ3v) is 19.9. The molecule has 9 aliphatic rings. The molecule has 0 amide bonds. The topological polar surface area (TPSA) is 0 Å². The van der Waals surface area contributed by atoms with Crippen LogP contribution in [0.3, 0.4) is 0 Å². The summed E-state index contributed by atoms with van der Waals surface area (Å²) in [7, 11) is 0. The zero-order valence-corrected chi connectivity index (χ0v) is 32.5. The molecule has 0 heteroatoms. The molecule has 0 aromatic carbocycles. The van der Waals surface area contributed by atoms with Crippen molar-refractivity contribution in [3.8, 4) is 0 Å². The Hall–Kier alpha value is 0. The van der Waals surface area contributed by atoms with Gasteiger partial charge in [0.25, 0.3) is 0 Å². The third kappa shape index (κ3) is 4.81. The molecule has 0 radical (unpaired) electrons. The van der Waals surface area contributed by atoms with Crippen molar-refractivity contribution in [3.05, 3.63) is 0 Å². The van der Waals surface area contributed by atoms with Crippen LogP contribution in [-0.2, 0) is 0 Å². The fourth-order valence-electron chi connectivity index (χ4n) is 19.2. The lowest BCUT2D eigenvalue weighted by molar-refractivity contribution is -0.143. The molecule has 1 spiro atoms. The first-order valence-corrected chi connectivity index (χ1v) is 22.5. The van der Waals surface area contributed by atoms with Crippen LogP contribution in [0, 0.1) is 117 Å². The van der Waals surface area contributed by atoms with Crippen molar-refractivity contribution in [2.45, 2.75) is 177 Å². The van der Waals surface area contributed by atoms with Crippen molar-refractivity contribution < 1.29 is 0 Å². The Labute approximate surface area is 292 Å². The van der Waals surface area contributed by atoms with Crippen LogP contribution in [0.1, 0.15) is 177 Å². The van der Waals surface area contributed by atoms with Crippen LogP contribution in [0.5, 0.6) is 0 Å². The van der Waals surface area contributed by atoms with E-state index in [1.807, 2.05) is 0 Å². The van der Waals surface area contributed by atoms with E-state index in [1.165, 1.54) is 12.8 Å². The first kappa shape index (κ1) is 32.9. The zero-order chi connectivity index (χ0) is 32.5. The summed E-state index contributed by atoms with van der Waals surface area (Å²) in [6, 6.07) is 0. The lowest BCUT2D eigenvalue weighted by Crippen LogP contribution is -2.56. The second-order valence-corrected chi connectivity index (χ2v) is 22.9. The van der Waals surface area contributed by atoms with E-state index in [2.05, 4.69) is 48.5 Å². The Morgan fingerprint density at radius 3 is 1.81 bits per heavy atom. The first-order valence-electron chi connectivity index (χ1n) is 22.5. The van der Waals surface area contributed by atoms with E-state index in [9.17, 15) is 0 Å². The summed E-state index contributed by atoms with van der Waals surface area (Å²) in [4.78, 5) is 0. The van der Waals surface area contributed by atoms with Crippen LogP contribution in [0.2, 0.25) is 0 Å². The molecule has 266 valence electrons. The minimum atomic E-state index is 0.470. The fraction of sp³-hybridized carbons (Fsp3) is 1.00. The summed E-state index contributed by atoms with van der Waals surface area (Å²) >= 11 is 0. The molecule has 0 heterocycles. The van der Waals surface area contributed by atoms with Gasteiger partial charge in [-0.3, -0.25) is 0 Å². The summed E-state index contributed by atoms with van der Waals surface area (Å²) in [5.74, 6) is 17.7. The molecule has 9 fully saturated rings. The minimum Gasteiger partial charge on any atom is -0.0625 e. The second kappa shape index (κ2) is 11.8. The second-order valence-electron chi connectivity index (χ2n) is 22.9. The zero-order valence-electron chi connectivity index (χ0n) is 32.5. The van der Waals surface area contributed by atoms with Gasteiger partial charge >= 0.3 is 0 Å². The Kier molecular flexibility index (Phi) is 8.23. The van der Waals surface area contributed by atoms with Gasteiger partial charge in [0.05, 0.1) is 0 Å². The Morgan fingerprint density at radius 2 is 1.09 bits per heavy atom. The molecule has 17 atom stereocenters. The normalized spacial score (nSPS) is 55.7. The van der Waals surface area contributed by atoms with E-state index in [0.29, 0.717) is 16.2 Å². The summed E-state index contributed by atoms with van der Waals surface area (Å²) in [5, 5.41) is 0. The van der Waals surface area contributed by atoms with Gasteiger partial charge < -0.3 is 0 Å². The van der Waals surface area contributed by atoms with Crippen LogP contribution >= 0.6 is 0 Å². The highest BCUT2D eigenvalue weighted by molar-refractivity contribution is 5.22. The van der Waals surface area contributed by atoms with Gasteiger partial charge in [0.1, 0.15) is 0 Å². The van der Waals surface area contributed by atoms with Gasteiger partial charge in [0, 0.05) is 0 Å². The molecule has 0 N–H and O–H groups in total. The average molecular weight is 643 g/mol. The van der Waals surface area contributed by atoms with Gasteiger partial charge in [-0.1, -0.05) is 119 Å². The van der Waals surface area contributed by atoms with E-state index in [4.69, 9.17) is 0 Å². The number of rotatable bonds is 1. The number of hydrogen-bond donors (Lipinski definition) is 0. The van der Waals surface area contributed by atoms with Crippen LogP contribution in [0.15, 0.2) is 0 Å². The van der Waals surface area contributed by atoms with E-state index in [-0.39, 0.29) is 0 Å². The predicted octanol–water partition coefficient (Wildman–Crippen LogP) is 13.5. The standard InChI is InChI=1S/C47H78/c1-28-23-29(2)43(30-15-9-8-10-16-30)47(27-28)38-22-21-37-41(35-24-31-17-11-12-18-32(31)25-40(35)46(37,6)7)42(38)36-26-39(45(3,4)5)33-19-13-14-20-34(33)44(36)47/h28-44H,8-27H2,1-7H3. The van der Waals surface area contributed by atoms with Gasteiger partial charge in [-0.15, -0.1) is 0 Å². The molecule has 47 heavy (non-hydrogen) atoms. The van der Waals surface area contributed by atoms with Crippen molar-refractivity contribution in [1.82, 2.24) is 0 Å². The Morgan fingerprint density at radius 1 is 0.489 bits per heavy atom. The maximum absolute atomic E-state index is 2.84. The van der Waals surface area contributed by atoms with Gasteiger partial charge in [-0.25, -0.2) is 0 Å². The number of hydrogen-bond acceptors (Lipinski definition) is 0. The van der Waals surface area contributed by atoms with Gasteiger partial charge in [-0.2, -0.15) is 0 Å². The van der Waals surface area contributed by atoms with E-state index >= 15 is 0 Å². The molecule has 0 bridgehead atoms. The van der Waals surface area contributed by atoms with Crippen LogP contribution < -0.4 is 0 Å². The van der Waals surface area contributed by atoms with Crippen molar-refractivity contribution in [2.24, 2.45) is 117 Å². The van der Waals surface area contributed by atoms with E-state index in [1.54, 1.807) is 116 Å². The monoisotopic (exact) mass is 643 g/mol. The molecule has 0 aliphatic heterocycles. The molecular weight excluding hydrogens is 565 g/mol. The van der Waals surface area contributed by atoms with Gasteiger partial charge in [-0.05, 0) is 175 Å². The Balaban J connectivity index is 1.20. The van der Waals surface area contributed by atoms with Crippen LogP contribution in [-0.4, -0.2) is 0 Å². The SMILES string of the molecule is CC1CC(C)C(C2CCCCC2)C2(C1)C1CCC3C(C4CC5CCCCC5CC4C3(C)C)C1C1CC(C(C)(C)C)C3CCCCC3C12. The molecule has 9 rings (SSSR count). The third-order valence-electron chi connectivity index (χ3n) is 19.9. The molecular formula is C47H78. The summed E-state index contributed by atoms with van der Waals surface area (Å²) in [6.07, 6.45) is 31.7. The smallest absolute Gasteiger partial charge is 0.0197 e. The molecule has 0 nitrogen and oxygen atoms in total. The fourth-order valence-corrected chi connectivity index (χ4v) is 19.2. The minimum absolute atomic E-state index is 0.470. The molecule has 0 aromatic rings. The van der Waals surface area contributed by atoms with Crippen molar-refractivity contribution in [3.63, 3.8) is 0 Å². The lowest BCUT2D eigenvalue weighted by Gasteiger charge is -2.62. The van der Waals surface area contributed by atoms with Crippen LogP contribution in [0.4, 0.5) is 0 Å². The average Bonchev–Trinajstić information content (AvgIpc) is 3.44. The highest BCUT2D eigenvalue weighted by Crippen LogP contribution is 2.80. The lowest BCUT2D eigenvalue weighted by atomic mass is 9.42. The molecule has 0 saturated heterocycles. The van der Waals surface area contributed by atoms with Crippen LogP contribution in [0.25, 0.3) is 0 Å². The molecule has 9 saturated carbocycles. The summed E-state index contributed by atoms with van der Waals surface area (Å²) < 4.78 is 0. The molecule has 0 aromatic heterocycles. The van der Waals surface area contributed by atoms with Crippen molar-refractivity contribution in [2.75, 3.05) is 0 Å². The maximum Gasteiger partial charge on any atom is -0.0197 e. The van der Waals surface area contributed by atoms with E-state index in [0.717, 1.165) is 101 Å². The largest absolute Gasteiger partial charge is 0.0625 e.